The van der Waals surface area contributed by atoms with Crippen LogP contribution in [0, 0.1) is 0 Å². The summed E-state index contributed by atoms with van der Waals surface area (Å²) in [5.41, 5.74) is 4.52. The number of hydrogen-bond donors (Lipinski definition) is 1. The monoisotopic (exact) mass is 224 g/mol. The zero-order chi connectivity index (χ0) is 11.3. The first-order valence-corrected chi connectivity index (χ1v) is 6.28. The number of nitrogens with zero attached hydrogens (tertiary/aromatic N) is 1. The van der Waals surface area contributed by atoms with Crippen LogP contribution in [0.25, 0.3) is 6.08 Å². The highest BCUT2D eigenvalue weighted by molar-refractivity contribution is 7.07. The Bertz CT molecular complexity index is 307. The second-order valence-corrected chi connectivity index (χ2v) is 5.39. The Labute approximate surface area is 96.4 Å². The molecule has 3 heteroatoms. The molecule has 1 rings (SSSR count). The van der Waals surface area contributed by atoms with Crippen LogP contribution < -0.4 is 5.32 Å². The summed E-state index contributed by atoms with van der Waals surface area (Å²) in [5.74, 6) is 0. The Hall–Kier alpha value is -0.670. The van der Waals surface area contributed by atoms with Crippen molar-refractivity contribution in [2.75, 3.05) is 6.54 Å². The van der Waals surface area contributed by atoms with Gasteiger partial charge in [-0.1, -0.05) is 12.5 Å². The molecular formula is C12H20N2S. The Balaban J connectivity index is 2.57. The van der Waals surface area contributed by atoms with Gasteiger partial charge < -0.3 is 5.32 Å². The van der Waals surface area contributed by atoms with E-state index in [9.17, 15) is 0 Å². The summed E-state index contributed by atoms with van der Waals surface area (Å²) >= 11 is 1.64. The molecule has 1 N–H and O–H groups in total. The van der Waals surface area contributed by atoms with Crippen molar-refractivity contribution < 1.29 is 0 Å². The maximum absolute atomic E-state index is 4.26. The molecule has 0 amide bonds. The van der Waals surface area contributed by atoms with E-state index in [1.807, 2.05) is 5.51 Å². The number of nitrogens with one attached hydrogen (secondary N) is 1. The molecule has 0 aliphatic carbocycles. The van der Waals surface area contributed by atoms with Crippen molar-refractivity contribution in [1.82, 2.24) is 10.3 Å². The lowest BCUT2D eigenvalue weighted by molar-refractivity contribution is 0.443. The summed E-state index contributed by atoms with van der Waals surface area (Å²) in [4.78, 5) is 4.26. The van der Waals surface area contributed by atoms with Gasteiger partial charge in [0, 0.05) is 17.5 Å². The summed E-state index contributed by atoms with van der Waals surface area (Å²) in [5, 5.41) is 5.57. The first kappa shape index (κ1) is 12.4. The van der Waals surface area contributed by atoms with E-state index in [0.717, 1.165) is 18.7 Å². The molecule has 0 aliphatic rings. The van der Waals surface area contributed by atoms with E-state index in [1.165, 1.54) is 5.57 Å². The molecule has 15 heavy (non-hydrogen) atoms. The first-order valence-electron chi connectivity index (χ1n) is 5.34. The van der Waals surface area contributed by atoms with Crippen LogP contribution in [0.2, 0.25) is 0 Å². The van der Waals surface area contributed by atoms with Gasteiger partial charge in [0.25, 0.3) is 0 Å². The standard InChI is InChI=1S/C12H20N2S/c1-5-10(7-14-12(2,3)4)6-11-8-15-9-13-11/h6,8-9,14H,5,7H2,1-4H3. The van der Waals surface area contributed by atoms with E-state index in [0.29, 0.717) is 0 Å². The zero-order valence-electron chi connectivity index (χ0n) is 10.0. The largest absolute Gasteiger partial charge is 0.308 e. The fourth-order valence-electron chi connectivity index (χ4n) is 1.16. The van der Waals surface area contributed by atoms with E-state index in [4.69, 9.17) is 0 Å². The molecule has 1 aromatic rings. The molecule has 0 radical (unpaired) electrons. The van der Waals surface area contributed by atoms with Gasteiger partial charge in [-0.3, -0.25) is 0 Å². The lowest BCUT2D eigenvalue weighted by atomic mass is 10.1. The molecule has 0 aliphatic heterocycles. The van der Waals surface area contributed by atoms with Gasteiger partial charge in [0.1, 0.15) is 0 Å². The smallest absolute Gasteiger partial charge is 0.0798 e. The first-order chi connectivity index (χ1) is 7.01. The highest BCUT2D eigenvalue weighted by atomic mass is 32.1. The number of thiazole rings is 1. The fraction of sp³-hybridized carbons (Fsp3) is 0.583. The Morgan fingerprint density at radius 1 is 1.53 bits per heavy atom. The van der Waals surface area contributed by atoms with Gasteiger partial charge in [-0.15, -0.1) is 11.3 Å². The Morgan fingerprint density at radius 3 is 2.73 bits per heavy atom. The lowest BCUT2D eigenvalue weighted by Gasteiger charge is -2.21. The molecule has 0 atom stereocenters. The third-order valence-corrected chi connectivity index (χ3v) is 2.71. The normalized spacial score (nSPS) is 13.2. The highest BCUT2D eigenvalue weighted by Gasteiger charge is 2.08. The maximum Gasteiger partial charge on any atom is 0.0798 e. The molecule has 0 spiro atoms. The maximum atomic E-state index is 4.26. The summed E-state index contributed by atoms with van der Waals surface area (Å²) in [6.45, 7) is 9.68. The van der Waals surface area contributed by atoms with Gasteiger partial charge in [0.05, 0.1) is 11.2 Å². The van der Waals surface area contributed by atoms with Crippen molar-refractivity contribution in [3.63, 3.8) is 0 Å². The molecule has 0 saturated carbocycles. The van der Waals surface area contributed by atoms with Crippen LogP contribution in [0.4, 0.5) is 0 Å². The van der Waals surface area contributed by atoms with Gasteiger partial charge in [-0.25, -0.2) is 4.98 Å². The fourth-order valence-corrected chi connectivity index (χ4v) is 1.67. The molecule has 84 valence electrons. The minimum Gasteiger partial charge on any atom is -0.308 e. The van der Waals surface area contributed by atoms with E-state index in [1.54, 1.807) is 11.3 Å². The minimum atomic E-state index is 0.177. The highest BCUT2D eigenvalue weighted by Crippen LogP contribution is 2.10. The third-order valence-electron chi connectivity index (χ3n) is 2.10. The molecule has 0 bridgehead atoms. The van der Waals surface area contributed by atoms with Crippen molar-refractivity contribution in [2.45, 2.75) is 39.7 Å². The summed E-state index contributed by atoms with van der Waals surface area (Å²) in [7, 11) is 0. The molecule has 1 aromatic heterocycles. The average molecular weight is 224 g/mol. The molecule has 0 unspecified atom stereocenters. The van der Waals surface area contributed by atoms with Crippen LogP contribution in [0.3, 0.4) is 0 Å². The molecular weight excluding hydrogens is 204 g/mol. The van der Waals surface area contributed by atoms with Crippen LogP contribution in [-0.4, -0.2) is 17.1 Å². The van der Waals surface area contributed by atoms with Crippen molar-refractivity contribution in [1.29, 1.82) is 0 Å². The van der Waals surface area contributed by atoms with Crippen LogP contribution in [0.15, 0.2) is 16.5 Å². The molecule has 0 fully saturated rings. The van der Waals surface area contributed by atoms with Gasteiger partial charge in [-0.05, 0) is 33.3 Å². The summed E-state index contributed by atoms with van der Waals surface area (Å²) in [6.07, 6.45) is 3.25. The van der Waals surface area contributed by atoms with Crippen molar-refractivity contribution in [3.05, 3.63) is 22.2 Å². The third kappa shape index (κ3) is 5.09. The number of rotatable bonds is 4. The van der Waals surface area contributed by atoms with E-state index in [2.05, 4.69) is 49.5 Å². The quantitative estimate of drug-likeness (QED) is 0.848. The zero-order valence-corrected chi connectivity index (χ0v) is 10.8. The molecule has 2 nitrogen and oxygen atoms in total. The topological polar surface area (TPSA) is 24.9 Å². The molecule has 0 aromatic carbocycles. The number of hydrogen-bond acceptors (Lipinski definition) is 3. The average Bonchev–Trinajstić information content (AvgIpc) is 2.63. The van der Waals surface area contributed by atoms with Gasteiger partial charge in [-0.2, -0.15) is 0 Å². The predicted octanol–water partition coefficient (Wildman–Crippen LogP) is 3.32. The van der Waals surface area contributed by atoms with Crippen LogP contribution in [-0.2, 0) is 0 Å². The predicted molar refractivity (Wildman–Crippen MR) is 68.1 cm³/mol. The summed E-state index contributed by atoms with van der Waals surface area (Å²) in [6, 6.07) is 0. The Kier molecular flexibility index (Phi) is 4.48. The van der Waals surface area contributed by atoms with Crippen molar-refractivity contribution >= 4 is 17.4 Å². The SMILES string of the molecule is CCC(=Cc1cscn1)CNC(C)(C)C. The Morgan fingerprint density at radius 2 is 2.27 bits per heavy atom. The van der Waals surface area contributed by atoms with Crippen molar-refractivity contribution in [3.8, 4) is 0 Å². The van der Waals surface area contributed by atoms with Gasteiger partial charge >= 0.3 is 0 Å². The van der Waals surface area contributed by atoms with E-state index in [-0.39, 0.29) is 5.54 Å². The van der Waals surface area contributed by atoms with Gasteiger partial charge in [0.2, 0.25) is 0 Å². The van der Waals surface area contributed by atoms with Crippen molar-refractivity contribution in [2.24, 2.45) is 0 Å². The summed E-state index contributed by atoms with van der Waals surface area (Å²) < 4.78 is 0. The van der Waals surface area contributed by atoms with Gasteiger partial charge in [0.15, 0.2) is 0 Å². The minimum absolute atomic E-state index is 0.177. The number of aromatic nitrogens is 1. The van der Waals surface area contributed by atoms with Crippen LogP contribution in [0.1, 0.15) is 39.8 Å². The lowest BCUT2D eigenvalue weighted by Crippen LogP contribution is -2.36. The van der Waals surface area contributed by atoms with Crippen LogP contribution in [0.5, 0.6) is 0 Å². The van der Waals surface area contributed by atoms with E-state index < -0.39 is 0 Å². The van der Waals surface area contributed by atoms with E-state index >= 15 is 0 Å². The molecule has 0 saturated heterocycles. The second kappa shape index (κ2) is 5.42. The second-order valence-electron chi connectivity index (χ2n) is 4.67. The molecule has 1 heterocycles. The van der Waals surface area contributed by atoms with Crippen LogP contribution >= 0.6 is 11.3 Å².